The highest BCUT2D eigenvalue weighted by atomic mass is 35.5. The zero-order valence-electron chi connectivity index (χ0n) is 13.0. The number of aromatic nitrogens is 3. The molecule has 124 valence electrons. The summed E-state index contributed by atoms with van der Waals surface area (Å²) in [5.41, 5.74) is 0. The van der Waals surface area contributed by atoms with E-state index >= 15 is 0 Å². The molecule has 0 unspecified atom stereocenters. The van der Waals surface area contributed by atoms with E-state index in [2.05, 4.69) is 10.2 Å². The quantitative estimate of drug-likeness (QED) is 0.829. The largest absolute Gasteiger partial charge is 0.338 e. The fraction of sp³-hybridized carbons (Fsp3) is 0.429. The second-order valence-corrected chi connectivity index (χ2v) is 7.83. The third kappa shape index (κ3) is 3.06. The summed E-state index contributed by atoms with van der Waals surface area (Å²) in [4.78, 5) is 2.32. The van der Waals surface area contributed by atoms with Gasteiger partial charge in [-0.1, -0.05) is 11.6 Å². The molecule has 0 saturated carbocycles. The lowest BCUT2D eigenvalue weighted by molar-refractivity contribution is 0.381. The molecule has 0 aliphatic carbocycles. The van der Waals surface area contributed by atoms with Crippen LogP contribution in [0.3, 0.4) is 0 Å². The van der Waals surface area contributed by atoms with Crippen LogP contribution in [0, 0.1) is 6.92 Å². The molecule has 3 rings (SSSR count). The Bertz CT molecular complexity index is 795. The van der Waals surface area contributed by atoms with Crippen molar-refractivity contribution in [1.29, 1.82) is 0 Å². The molecule has 0 spiro atoms. The summed E-state index contributed by atoms with van der Waals surface area (Å²) in [7, 11) is -1.58. The molecule has 7 nitrogen and oxygen atoms in total. The molecule has 2 aromatic rings. The average molecular weight is 356 g/mol. The fourth-order valence-electron chi connectivity index (χ4n) is 2.56. The smallest absolute Gasteiger partial charge is 0.243 e. The molecule has 0 amide bonds. The number of piperazine rings is 1. The van der Waals surface area contributed by atoms with Crippen molar-refractivity contribution in [3.63, 3.8) is 0 Å². The van der Waals surface area contributed by atoms with Crippen molar-refractivity contribution in [3.8, 4) is 0 Å². The Kier molecular flexibility index (Phi) is 4.31. The highest BCUT2D eigenvalue weighted by molar-refractivity contribution is 7.89. The van der Waals surface area contributed by atoms with Crippen LogP contribution in [0.5, 0.6) is 0 Å². The molecular formula is C14H18ClN5O2S. The Morgan fingerprint density at radius 2 is 1.65 bits per heavy atom. The molecule has 1 aromatic carbocycles. The van der Waals surface area contributed by atoms with Gasteiger partial charge in [0.15, 0.2) is 0 Å². The number of sulfonamides is 1. The number of hydrogen-bond donors (Lipinski definition) is 0. The van der Waals surface area contributed by atoms with Gasteiger partial charge in [0, 0.05) is 38.2 Å². The molecule has 1 aliphatic heterocycles. The zero-order valence-corrected chi connectivity index (χ0v) is 14.5. The van der Waals surface area contributed by atoms with E-state index in [1.54, 1.807) is 12.1 Å². The molecule has 1 saturated heterocycles. The lowest BCUT2D eigenvalue weighted by Gasteiger charge is -2.34. The first kappa shape index (κ1) is 16.2. The maximum Gasteiger partial charge on any atom is 0.243 e. The van der Waals surface area contributed by atoms with E-state index in [0.29, 0.717) is 31.2 Å². The van der Waals surface area contributed by atoms with Gasteiger partial charge in [0.1, 0.15) is 5.82 Å². The zero-order chi connectivity index (χ0) is 16.6. The number of anilines is 1. The van der Waals surface area contributed by atoms with Crippen LogP contribution < -0.4 is 4.90 Å². The Balaban J connectivity index is 1.73. The van der Waals surface area contributed by atoms with Crippen molar-refractivity contribution in [2.75, 3.05) is 31.1 Å². The van der Waals surface area contributed by atoms with E-state index in [9.17, 15) is 8.42 Å². The highest BCUT2D eigenvalue weighted by Crippen LogP contribution is 2.21. The first-order valence-corrected chi connectivity index (χ1v) is 9.08. The van der Waals surface area contributed by atoms with Crippen LogP contribution in [-0.2, 0) is 17.1 Å². The molecule has 0 atom stereocenters. The third-order valence-electron chi connectivity index (χ3n) is 4.04. The van der Waals surface area contributed by atoms with E-state index in [1.165, 1.54) is 16.4 Å². The number of benzene rings is 1. The molecule has 23 heavy (non-hydrogen) atoms. The summed E-state index contributed by atoms with van der Waals surface area (Å²) >= 11 is 5.82. The normalized spacial score (nSPS) is 16.7. The predicted molar refractivity (Wildman–Crippen MR) is 88.2 cm³/mol. The molecule has 2 heterocycles. The Labute approximate surface area is 140 Å². The SMILES string of the molecule is Cc1nnc(N2CCN(S(=O)(=O)c3ccc(Cl)cc3)CC2)n1C. The minimum absolute atomic E-state index is 0.268. The van der Waals surface area contributed by atoms with Gasteiger partial charge in [0.2, 0.25) is 16.0 Å². The van der Waals surface area contributed by atoms with E-state index in [1.807, 2.05) is 23.4 Å². The molecular weight excluding hydrogens is 338 g/mol. The standard InChI is InChI=1S/C14H18ClN5O2S/c1-11-16-17-14(18(11)2)19-7-9-20(10-8-19)23(21,22)13-5-3-12(15)4-6-13/h3-6H,7-10H2,1-2H3. The summed E-state index contributed by atoms with van der Waals surface area (Å²) in [5, 5.41) is 8.71. The minimum atomic E-state index is -3.48. The summed E-state index contributed by atoms with van der Waals surface area (Å²) in [6.45, 7) is 3.88. The van der Waals surface area contributed by atoms with Gasteiger partial charge >= 0.3 is 0 Å². The summed E-state index contributed by atoms with van der Waals surface area (Å²) < 4.78 is 28.7. The minimum Gasteiger partial charge on any atom is -0.338 e. The van der Waals surface area contributed by atoms with Crippen molar-refractivity contribution in [2.24, 2.45) is 7.05 Å². The van der Waals surface area contributed by atoms with Gasteiger partial charge in [0.25, 0.3) is 0 Å². The van der Waals surface area contributed by atoms with Crippen LogP contribution in [0.4, 0.5) is 5.95 Å². The first-order chi connectivity index (χ1) is 10.9. The first-order valence-electron chi connectivity index (χ1n) is 7.26. The third-order valence-corrected chi connectivity index (χ3v) is 6.21. The van der Waals surface area contributed by atoms with Gasteiger partial charge in [-0.2, -0.15) is 4.31 Å². The molecule has 9 heteroatoms. The van der Waals surface area contributed by atoms with Crippen LogP contribution in [0.1, 0.15) is 5.82 Å². The van der Waals surface area contributed by atoms with Gasteiger partial charge in [-0.25, -0.2) is 8.42 Å². The topological polar surface area (TPSA) is 71.3 Å². The van der Waals surface area contributed by atoms with Crippen LogP contribution in [0.2, 0.25) is 5.02 Å². The maximum atomic E-state index is 12.6. The number of halogens is 1. The van der Waals surface area contributed by atoms with Gasteiger partial charge in [-0.05, 0) is 31.2 Å². The van der Waals surface area contributed by atoms with E-state index in [4.69, 9.17) is 11.6 Å². The van der Waals surface area contributed by atoms with Crippen molar-refractivity contribution in [1.82, 2.24) is 19.1 Å². The lowest BCUT2D eigenvalue weighted by atomic mass is 10.4. The van der Waals surface area contributed by atoms with E-state index in [-0.39, 0.29) is 4.90 Å². The predicted octanol–water partition coefficient (Wildman–Crippen LogP) is 1.29. The maximum absolute atomic E-state index is 12.6. The van der Waals surface area contributed by atoms with Crippen LogP contribution in [0.15, 0.2) is 29.2 Å². The summed E-state index contributed by atoms with van der Waals surface area (Å²) in [6, 6.07) is 6.26. The average Bonchev–Trinajstić information content (AvgIpc) is 2.87. The van der Waals surface area contributed by atoms with Crippen LogP contribution >= 0.6 is 11.6 Å². The van der Waals surface area contributed by atoms with Gasteiger partial charge in [0.05, 0.1) is 4.90 Å². The Morgan fingerprint density at radius 1 is 1.04 bits per heavy atom. The van der Waals surface area contributed by atoms with Crippen molar-refractivity contribution in [3.05, 3.63) is 35.1 Å². The van der Waals surface area contributed by atoms with Gasteiger partial charge < -0.3 is 9.47 Å². The monoisotopic (exact) mass is 355 g/mol. The van der Waals surface area contributed by atoms with Gasteiger partial charge in [-0.15, -0.1) is 10.2 Å². The molecule has 0 bridgehead atoms. The summed E-state index contributed by atoms with van der Waals surface area (Å²) in [5.74, 6) is 1.60. The van der Waals surface area contributed by atoms with Crippen molar-refractivity contribution >= 4 is 27.6 Å². The second-order valence-electron chi connectivity index (χ2n) is 5.45. The molecule has 1 aromatic heterocycles. The van der Waals surface area contributed by atoms with Crippen molar-refractivity contribution < 1.29 is 8.42 Å². The summed E-state index contributed by atoms with van der Waals surface area (Å²) in [6.07, 6.45) is 0. The second kappa shape index (κ2) is 6.10. The molecule has 1 fully saturated rings. The van der Waals surface area contributed by atoms with Gasteiger partial charge in [-0.3, -0.25) is 0 Å². The molecule has 0 radical (unpaired) electrons. The van der Waals surface area contributed by atoms with Crippen molar-refractivity contribution in [2.45, 2.75) is 11.8 Å². The Morgan fingerprint density at radius 3 is 2.17 bits per heavy atom. The van der Waals surface area contributed by atoms with Crippen LogP contribution in [0.25, 0.3) is 0 Å². The van der Waals surface area contributed by atoms with Crippen LogP contribution in [-0.4, -0.2) is 53.7 Å². The molecule has 0 N–H and O–H groups in total. The lowest BCUT2D eigenvalue weighted by Crippen LogP contribution is -2.49. The highest BCUT2D eigenvalue weighted by Gasteiger charge is 2.29. The number of aryl methyl sites for hydroxylation is 1. The number of hydrogen-bond acceptors (Lipinski definition) is 5. The Hall–Kier alpha value is -1.64. The van der Waals surface area contributed by atoms with E-state index < -0.39 is 10.0 Å². The van der Waals surface area contributed by atoms with E-state index in [0.717, 1.165) is 11.8 Å². The number of nitrogens with zero attached hydrogens (tertiary/aromatic N) is 5. The fourth-order valence-corrected chi connectivity index (χ4v) is 4.10. The number of rotatable bonds is 3. The molecule has 1 aliphatic rings.